The number of pyridine rings is 1. The number of rotatable bonds is 7. The van der Waals surface area contributed by atoms with Gasteiger partial charge in [0, 0.05) is 36.1 Å². The Labute approximate surface area is 180 Å². The highest BCUT2D eigenvalue weighted by atomic mass is 32.2. The molecule has 10 heteroatoms. The third-order valence-corrected chi connectivity index (χ3v) is 6.06. The van der Waals surface area contributed by atoms with Crippen molar-refractivity contribution in [1.29, 1.82) is 0 Å². The summed E-state index contributed by atoms with van der Waals surface area (Å²) in [6.45, 7) is 0.161. The smallest absolute Gasteiger partial charge is 0.229 e. The van der Waals surface area contributed by atoms with Gasteiger partial charge >= 0.3 is 0 Å². The molecular formula is C21H25N3O6S. The van der Waals surface area contributed by atoms with Gasteiger partial charge in [-0.25, -0.2) is 8.42 Å². The van der Waals surface area contributed by atoms with E-state index in [0.717, 1.165) is 17.4 Å². The van der Waals surface area contributed by atoms with Gasteiger partial charge in [0.2, 0.25) is 15.9 Å². The fourth-order valence-corrected chi connectivity index (χ4v) is 4.70. The average Bonchev–Trinajstić information content (AvgIpc) is 3.09. The van der Waals surface area contributed by atoms with Crippen molar-refractivity contribution in [3.8, 4) is 5.75 Å². The first-order valence-electron chi connectivity index (χ1n) is 10.0. The number of anilines is 1. The van der Waals surface area contributed by atoms with Gasteiger partial charge in [0.1, 0.15) is 18.0 Å². The topological polar surface area (TPSA) is 127 Å². The Morgan fingerprint density at radius 1 is 1.26 bits per heavy atom. The zero-order valence-electron chi connectivity index (χ0n) is 17.0. The van der Waals surface area contributed by atoms with Gasteiger partial charge in [0.05, 0.1) is 25.4 Å². The van der Waals surface area contributed by atoms with Crippen molar-refractivity contribution in [2.45, 2.75) is 43.6 Å². The molecule has 1 aromatic carbocycles. The summed E-state index contributed by atoms with van der Waals surface area (Å²) >= 11 is 0. The van der Waals surface area contributed by atoms with Gasteiger partial charge in [0.25, 0.3) is 0 Å². The number of benzene rings is 1. The second-order valence-corrected chi connectivity index (χ2v) is 9.62. The SMILES string of the molecule is CS(=O)(=O)Nc1ccc2c(c1)[C@@H]1C[C@H](CC(=O)NCc3ccncc3)O[C@H](CO)[C@@H]1O2. The molecule has 31 heavy (non-hydrogen) atoms. The van der Waals surface area contributed by atoms with Gasteiger partial charge < -0.3 is 19.9 Å². The van der Waals surface area contributed by atoms with Crippen molar-refractivity contribution in [1.82, 2.24) is 10.3 Å². The molecule has 1 saturated heterocycles. The Bertz CT molecular complexity index is 1050. The van der Waals surface area contributed by atoms with Gasteiger partial charge in [0.15, 0.2) is 0 Å². The van der Waals surface area contributed by atoms with E-state index in [1.807, 2.05) is 12.1 Å². The number of amides is 1. The number of hydrogen-bond donors (Lipinski definition) is 3. The molecule has 0 spiro atoms. The predicted octanol–water partition coefficient (Wildman–Crippen LogP) is 1.15. The van der Waals surface area contributed by atoms with Crippen LogP contribution in [-0.2, 0) is 26.1 Å². The fourth-order valence-electron chi connectivity index (χ4n) is 4.15. The van der Waals surface area contributed by atoms with Crippen LogP contribution in [0.25, 0.3) is 0 Å². The van der Waals surface area contributed by atoms with E-state index >= 15 is 0 Å². The summed E-state index contributed by atoms with van der Waals surface area (Å²) in [4.78, 5) is 16.4. The standard InChI is InChI=1S/C21H25N3O6S/c1-31(27,28)24-14-2-3-18-16(8-14)17-9-15(29-19(12-25)21(17)30-18)10-20(26)23-11-13-4-6-22-7-5-13/h2-8,15,17,19,21,24-25H,9-12H2,1H3,(H,23,26)/t15-,17+,19-,21-/m1/s1. The first-order chi connectivity index (χ1) is 14.8. The van der Waals surface area contributed by atoms with Crippen LogP contribution in [0.15, 0.2) is 42.7 Å². The third-order valence-electron chi connectivity index (χ3n) is 5.45. The second-order valence-electron chi connectivity index (χ2n) is 7.87. The minimum atomic E-state index is -3.41. The van der Waals surface area contributed by atoms with Crippen LogP contribution in [0, 0.1) is 0 Å². The van der Waals surface area contributed by atoms with Crippen molar-refractivity contribution < 1.29 is 27.8 Å². The molecule has 1 aromatic heterocycles. The molecule has 0 saturated carbocycles. The molecule has 4 atom stereocenters. The van der Waals surface area contributed by atoms with Crippen molar-refractivity contribution >= 4 is 21.6 Å². The first kappa shape index (κ1) is 21.5. The van der Waals surface area contributed by atoms with E-state index in [4.69, 9.17) is 9.47 Å². The number of aliphatic hydroxyl groups is 1. The molecule has 3 N–H and O–H groups in total. The lowest BCUT2D eigenvalue weighted by Crippen LogP contribution is -2.47. The van der Waals surface area contributed by atoms with E-state index in [1.165, 1.54) is 0 Å². The molecule has 2 aliphatic rings. The summed E-state index contributed by atoms with van der Waals surface area (Å²) in [5.74, 6) is 0.377. The monoisotopic (exact) mass is 447 g/mol. The lowest BCUT2D eigenvalue weighted by Gasteiger charge is -2.37. The van der Waals surface area contributed by atoms with Gasteiger partial charge in [-0.3, -0.25) is 14.5 Å². The summed E-state index contributed by atoms with van der Waals surface area (Å²) < 4.78 is 37.6. The van der Waals surface area contributed by atoms with Crippen LogP contribution in [0.5, 0.6) is 5.75 Å². The number of aliphatic hydroxyl groups excluding tert-OH is 1. The van der Waals surface area contributed by atoms with Crippen LogP contribution in [-0.4, -0.2) is 55.6 Å². The maximum atomic E-state index is 12.5. The molecule has 166 valence electrons. The van der Waals surface area contributed by atoms with E-state index < -0.39 is 22.2 Å². The molecule has 0 radical (unpaired) electrons. The number of fused-ring (bicyclic) bond motifs is 3. The lowest BCUT2D eigenvalue weighted by molar-refractivity contribution is -0.142. The van der Waals surface area contributed by atoms with E-state index in [1.54, 1.807) is 30.6 Å². The number of aromatic nitrogens is 1. The lowest BCUT2D eigenvalue weighted by atomic mass is 9.84. The molecule has 1 amide bonds. The number of carbonyl (C=O) groups excluding carboxylic acids is 1. The normalized spacial score (nSPS) is 24.6. The third kappa shape index (κ3) is 5.15. The molecule has 0 bridgehead atoms. The van der Waals surface area contributed by atoms with Gasteiger partial charge in [-0.15, -0.1) is 0 Å². The number of hydrogen-bond acceptors (Lipinski definition) is 7. The highest BCUT2D eigenvalue weighted by Gasteiger charge is 2.46. The summed E-state index contributed by atoms with van der Waals surface area (Å²) in [6.07, 6.45) is 3.76. The van der Waals surface area contributed by atoms with Crippen molar-refractivity contribution in [3.05, 3.63) is 53.9 Å². The van der Waals surface area contributed by atoms with Crippen LogP contribution in [0.4, 0.5) is 5.69 Å². The van der Waals surface area contributed by atoms with E-state index in [9.17, 15) is 18.3 Å². The predicted molar refractivity (Wildman–Crippen MR) is 113 cm³/mol. The molecule has 0 unspecified atom stereocenters. The zero-order chi connectivity index (χ0) is 22.0. The minimum absolute atomic E-state index is 0.111. The summed E-state index contributed by atoms with van der Waals surface area (Å²) in [5.41, 5.74) is 2.25. The quantitative estimate of drug-likeness (QED) is 0.581. The maximum Gasteiger partial charge on any atom is 0.229 e. The highest BCUT2D eigenvalue weighted by molar-refractivity contribution is 7.92. The van der Waals surface area contributed by atoms with E-state index in [-0.39, 0.29) is 31.0 Å². The largest absolute Gasteiger partial charge is 0.487 e. The van der Waals surface area contributed by atoms with Crippen molar-refractivity contribution in [2.75, 3.05) is 17.6 Å². The van der Waals surface area contributed by atoms with Crippen LogP contribution >= 0.6 is 0 Å². The zero-order valence-corrected chi connectivity index (χ0v) is 17.8. The van der Waals surface area contributed by atoms with Crippen LogP contribution in [0.2, 0.25) is 0 Å². The Balaban J connectivity index is 1.45. The average molecular weight is 448 g/mol. The second kappa shape index (κ2) is 8.81. The molecule has 3 heterocycles. The molecular weight excluding hydrogens is 422 g/mol. The number of sulfonamides is 1. The van der Waals surface area contributed by atoms with Crippen LogP contribution < -0.4 is 14.8 Å². The van der Waals surface area contributed by atoms with Crippen LogP contribution in [0.1, 0.15) is 29.9 Å². The number of ether oxygens (including phenoxy) is 2. The Kier molecular flexibility index (Phi) is 6.12. The van der Waals surface area contributed by atoms with E-state index in [2.05, 4.69) is 15.0 Å². The Morgan fingerprint density at radius 2 is 2.03 bits per heavy atom. The van der Waals surface area contributed by atoms with Gasteiger partial charge in [-0.1, -0.05) is 0 Å². The van der Waals surface area contributed by atoms with Crippen molar-refractivity contribution in [3.63, 3.8) is 0 Å². The Morgan fingerprint density at radius 3 is 2.74 bits per heavy atom. The van der Waals surface area contributed by atoms with Gasteiger partial charge in [-0.05, 0) is 42.3 Å². The van der Waals surface area contributed by atoms with Crippen molar-refractivity contribution in [2.24, 2.45) is 0 Å². The molecule has 2 aromatic rings. The van der Waals surface area contributed by atoms with Gasteiger partial charge in [-0.2, -0.15) is 0 Å². The number of carbonyl (C=O) groups is 1. The summed E-state index contributed by atoms with van der Waals surface area (Å²) in [7, 11) is -3.41. The maximum absolute atomic E-state index is 12.5. The Hall–Kier alpha value is -2.69. The fraction of sp³-hybridized carbons (Fsp3) is 0.429. The number of nitrogens with zero attached hydrogens (tertiary/aromatic N) is 1. The van der Waals surface area contributed by atoms with Crippen LogP contribution in [0.3, 0.4) is 0 Å². The summed E-state index contributed by atoms with van der Waals surface area (Å²) in [6, 6.07) is 8.76. The summed E-state index contributed by atoms with van der Waals surface area (Å²) in [5, 5.41) is 12.7. The minimum Gasteiger partial charge on any atom is -0.487 e. The number of nitrogens with one attached hydrogen (secondary N) is 2. The first-order valence-corrected chi connectivity index (χ1v) is 11.9. The van der Waals surface area contributed by atoms with E-state index in [0.29, 0.717) is 24.4 Å². The molecule has 1 fully saturated rings. The molecule has 2 aliphatic heterocycles. The highest BCUT2D eigenvalue weighted by Crippen LogP contribution is 2.47. The molecule has 9 nitrogen and oxygen atoms in total. The molecule has 0 aliphatic carbocycles. The molecule has 4 rings (SSSR count).